The molecule has 0 bridgehead atoms. The fraction of sp³-hybridized carbons (Fsp3) is 0.783. The van der Waals surface area contributed by atoms with Gasteiger partial charge >= 0.3 is 6.09 Å². The molecule has 32 heavy (non-hydrogen) atoms. The first kappa shape index (κ1) is 25.6. The first-order valence-electron chi connectivity index (χ1n) is 11.1. The van der Waals surface area contributed by atoms with E-state index in [1.54, 1.807) is 0 Å². The third-order valence-corrected chi connectivity index (χ3v) is 8.57. The third-order valence-electron chi connectivity index (χ3n) is 6.01. The van der Waals surface area contributed by atoms with Gasteiger partial charge in [-0.3, -0.25) is 0 Å². The van der Waals surface area contributed by atoms with Gasteiger partial charge in [-0.25, -0.2) is 14.0 Å². The molecular weight excluding hydrogens is 466 g/mol. The molecule has 2 aliphatic rings. The predicted octanol–water partition coefficient (Wildman–Crippen LogP) is 6.04. The zero-order valence-corrected chi connectivity index (χ0v) is 23.1. The SMILES string of the molecule is CC(C)(C)OC(=O)N1CCC2(Cc3sc(Cl)nc3C2=NS(=O)C(C)(C)C)CC1C(C)(C)C. The Bertz CT molecular complexity index is 953. The second-order valence-electron chi connectivity index (χ2n) is 12.0. The number of hydrogen-bond donors (Lipinski definition) is 0. The minimum absolute atomic E-state index is 0.0520. The zero-order valence-electron chi connectivity index (χ0n) is 20.7. The molecule has 2 heterocycles. The Morgan fingerprint density at radius 2 is 1.84 bits per heavy atom. The topological polar surface area (TPSA) is 71.9 Å². The molecule has 0 aromatic carbocycles. The lowest BCUT2D eigenvalue weighted by molar-refractivity contribution is -0.0210. The number of likely N-dealkylation sites (tertiary alicyclic amines) is 1. The van der Waals surface area contributed by atoms with Crippen LogP contribution in [0.5, 0.6) is 0 Å². The molecule has 1 fully saturated rings. The van der Waals surface area contributed by atoms with Crippen molar-refractivity contribution < 1.29 is 13.7 Å². The molecule has 1 aliphatic carbocycles. The second kappa shape index (κ2) is 8.35. The van der Waals surface area contributed by atoms with Crippen LogP contribution in [0.15, 0.2) is 4.40 Å². The van der Waals surface area contributed by atoms with Crippen molar-refractivity contribution in [2.24, 2.45) is 15.2 Å². The maximum atomic E-state index is 13.1. The molecule has 1 amide bonds. The van der Waals surface area contributed by atoms with Gasteiger partial charge in [-0.2, -0.15) is 4.40 Å². The van der Waals surface area contributed by atoms with E-state index in [0.29, 0.717) is 11.0 Å². The normalized spacial score (nSPS) is 26.5. The molecule has 0 radical (unpaired) electrons. The first-order chi connectivity index (χ1) is 14.4. The summed E-state index contributed by atoms with van der Waals surface area (Å²) in [6.45, 7) is 18.4. The average Bonchev–Trinajstić information content (AvgIpc) is 3.06. The molecule has 3 atom stereocenters. The van der Waals surface area contributed by atoms with Crippen molar-refractivity contribution in [1.82, 2.24) is 9.88 Å². The number of rotatable bonds is 1. The van der Waals surface area contributed by atoms with Gasteiger partial charge in [0.25, 0.3) is 0 Å². The summed E-state index contributed by atoms with van der Waals surface area (Å²) in [5.74, 6) is 0. The molecule has 3 unspecified atom stereocenters. The van der Waals surface area contributed by atoms with Gasteiger partial charge in [-0.05, 0) is 66.2 Å². The minimum Gasteiger partial charge on any atom is -0.444 e. The number of nitrogens with zero attached hydrogens (tertiary/aromatic N) is 3. The van der Waals surface area contributed by atoms with Gasteiger partial charge in [0.2, 0.25) is 0 Å². The average molecular weight is 502 g/mol. The van der Waals surface area contributed by atoms with Gasteiger partial charge in [0.15, 0.2) is 4.47 Å². The summed E-state index contributed by atoms with van der Waals surface area (Å²) >= 11 is 7.71. The number of amides is 1. The smallest absolute Gasteiger partial charge is 0.410 e. The maximum Gasteiger partial charge on any atom is 0.410 e. The molecule has 0 N–H and O–H groups in total. The summed E-state index contributed by atoms with van der Waals surface area (Å²) in [5.41, 5.74) is 0.553. The summed E-state index contributed by atoms with van der Waals surface area (Å²) < 4.78 is 23.6. The highest BCUT2D eigenvalue weighted by molar-refractivity contribution is 7.85. The van der Waals surface area contributed by atoms with Gasteiger partial charge in [-0.15, -0.1) is 11.3 Å². The molecule has 3 rings (SSSR count). The Morgan fingerprint density at radius 1 is 1.22 bits per heavy atom. The van der Waals surface area contributed by atoms with Crippen molar-refractivity contribution in [3.8, 4) is 0 Å². The largest absolute Gasteiger partial charge is 0.444 e. The summed E-state index contributed by atoms with van der Waals surface area (Å²) in [6, 6.07) is -0.0520. The highest BCUT2D eigenvalue weighted by atomic mass is 35.5. The van der Waals surface area contributed by atoms with E-state index in [0.717, 1.165) is 35.5 Å². The molecule has 0 saturated carbocycles. The Morgan fingerprint density at radius 3 is 2.38 bits per heavy atom. The van der Waals surface area contributed by atoms with Crippen LogP contribution in [0, 0.1) is 10.8 Å². The van der Waals surface area contributed by atoms with Gasteiger partial charge in [-0.1, -0.05) is 32.4 Å². The van der Waals surface area contributed by atoms with E-state index in [1.165, 1.54) is 11.3 Å². The minimum atomic E-state index is -1.41. The summed E-state index contributed by atoms with van der Waals surface area (Å²) in [5, 5.41) is 0. The Balaban J connectivity index is 2.03. The van der Waals surface area contributed by atoms with Crippen molar-refractivity contribution in [3.05, 3.63) is 15.0 Å². The fourth-order valence-corrected chi connectivity index (χ4v) is 6.40. The number of thiazole rings is 1. The molecule has 180 valence electrons. The lowest BCUT2D eigenvalue weighted by Gasteiger charge is -2.50. The number of fused-ring (bicyclic) bond motifs is 1. The third kappa shape index (κ3) is 5.22. The fourth-order valence-electron chi connectivity index (χ4n) is 4.39. The number of hydrogen-bond acceptors (Lipinski definition) is 5. The van der Waals surface area contributed by atoms with Crippen LogP contribution in [0.1, 0.15) is 85.7 Å². The zero-order chi connectivity index (χ0) is 24.3. The van der Waals surface area contributed by atoms with Crippen LogP contribution >= 0.6 is 22.9 Å². The lowest BCUT2D eigenvalue weighted by Crippen LogP contribution is -2.57. The van der Waals surface area contributed by atoms with Crippen molar-refractivity contribution in [2.45, 2.75) is 98.0 Å². The van der Waals surface area contributed by atoms with E-state index in [4.69, 9.17) is 20.7 Å². The van der Waals surface area contributed by atoms with Gasteiger partial charge in [0.1, 0.15) is 22.3 Å². The van der Waals surface area contributed by atoms with E-state index < -0.39 is 21.3 Å². The van der Waals surface area contributed by atoms with E-state index >= 15 is 0 Å². The van der Waals surface area contributed by atoms with Gasteiger partial charge in [0, 0.05) is 22.9 Å². The molecule has 1 aliphatic heterocycles. The summed E-state index contributed by atoms with van der Waals surface area (Å²) in [6.07, 6.45) is 1.93. The summed E-state index contributed by atoms with van der Waals surface area (Å²) in [7, 11) is -1.41. The standard InChI is InChI=1S/C23H36ClN3O3S2/c1-20(2,3)15-13-23(10-11-27(15)19(28)30-21(4,5)6)12-14-16(25-18(24)31-14)17(23)26-32(29)22(7,8)9/h15H,10-13H2,1-9H3. The molecular formula is C23H36ClN3O3S2. The molecule has 1 aromatic rings. The van der Waals surface area contributed by atoms with Crippen molar-refractivity contribution in [1.29, 1.82) is 0 Å². The second-order valence-corrected chi connectivity index (χ2v) is 15.6. The van der Waals surface area contributed by atoms with Gasteiger partial charge < -0.3 is 9.64 Å². The molecule has 6 nitrogen and oxygen atoms in total. The van der Waals surface area contributed by atoms with E-state index in [9.17, 15) is 9.00 Å². The predicted molar refractivity (Wildman–Crippen MR) is 133 cm³/mol. The van der Waals surface area contributed by atoms with Crippen LogP contribution in [0.2, 0.25) is 4.47 Å². The van der Waals surface area contributed by atoms with Crippen LogP contribution in [0.4, 0.5) is 4.79 Å². The Hall–Kier alpha value is -0.990. The number of carbonyl (C=O) groups excluding carboxylic acids is 1. The molecule has 1 aromatic heterocycles. The Labute approximate surface area is 203 Å². The van der Waals surface area contributed by atoms with Crippen molar-refractivity contribution >= 4 is 45.7 Å². The number of piperidine rings is 1. The number of halogens is 1. The van der Waals surface area contributed by atoms with Crippen LogP contribution in [0.3, 0.4) is 0 Å². The molecule has 1 spiro atoms. The monoisotopic (exact) mass is 501 g/mol. The Kier molecular flexibility index (Phi) is 6.68. The summed E-state index contributed by atoms with van der Waals surface area (Å²) in [4.78, 5) is 20.6. The van der Waals surface area contributed by atoms with Crippen LogP contribution in [-0.4, -0.2) is 48.8 Å². The van der Waals surface area contributed by atoms with Crippen LogP contribution < -0.4 is 0 Å². The highest BCUT2D eigenvalue weighted by Gasteiger charge is 2.53. The van der Waals surface area contributed by atoms with E-state index in [-0.39, 0.29) is 23.0 Å². The quantitative estimate of drug-likeness (QED) is 0.470. The van der Waals surface area contributed by atoms with Crippen LogP contribution in [-0.2, 0) is 22.1 Å². The highest BCUT2D eigenvalue weighted by Crippen LogP contribution is 2.51. The van der Waals surface area contributed by atoms with Crippen molar-refractivity contribution in [3.63, 3.8) is 0 Å². The lowest BCUT2D eigenvalue weighted by atomic mass is 9.67. The van der Waals surface area contributed by atoms with Crippen LogP contribution in [0.25, 0.3) is 0 Å². The number of carbonyl (C=O) groups is 1. The number of aromatic nitrogens is 1. The van der Waals surface area contributed by atoms with Crippen molar-refractivity contribution in [2.75, 3.05) is 6.54 Å². The van der Waals surface area contributed by atoms with Gasteiger partial charge in [0.05, 0.1) is 10.5 Å². The van der Waals surface area contributed by atoms with E-state index in [2.05, 4.69) is 25.8 Å². The molecule has 1 saturated heterocycles. The molecule has 9 heteroatoms. The number of ether oxygens (including phenoxy) is 1. The first-order valence-corrected chi connectivity index (χ1v) is 13.4. The maximum absolute atomic E-state index is 13.1. The van der Waals surface area contributed by atoms with E-state index in [1.807, 2.05) is 46.4 Å².